The van der Waals surface area contributed by atoms with E-state index in [0.29, 0.717) is 13.2 Å². The molecule has 0 aromatic carbocycles. The summed E-state index contributed by atoms with van der Waals surface area (Å²) in [5.74, 6) is 0.243. The van der Waals surface area contributed by atoms with Crippen molar-refractivity contribution in [3.63, 3.8) is 0 Å². The van der Waals surface area contributed by atoms with Gasteiger partial charge in [-0.3, -0.25) is 4.90 Å². The van der Waals surface area contributed by atoms with Crippen LogP contribution in [0.4, 0.5) is 0 Å². The first-order chi connectivity index (χ1) is 5.99. The summed E-state index contributed by atoms with van der Waals surface area (Å²) in [6.07, 6.45) is 1.28. The van der Waals surface area contributed by atoms with E-state index in [1.165, 1.54) is 6.26 Å². The van der Waals surface area contributed by atoms with Gasteiger partial charge in [-0.2, -0.15) is 0 Å². The normalized spacial score (nSPS) is 22.9. The maximum atomic E-state index is 11.0. The van der Waals surface area contributed by atoms with E-state index in [-0.39, 0.29) is 11.8 Å². The standard InChI is InChI=1S/C8H17NO3S/c1-8(7-13(2,10)11)9-3-5-12-6-4-9/h8H,3-7H2,1-2H3. The number of hydrogen-bond acceptors (Lipinski definition) is 4. The van der Waals surface area contributed by atoms with E-state index in [0.717, 1.165) is 13.1 Å². The van der Waals surface area contributed by atoms with Crippen LogP contribution in [0.15, 0.2) is 0 Å². The van der Waals surface area contributed by atoms with Gasteiger partial charge in [0, 0.05) is 25.4 Å². The minimum absolute atomic E-state index is 0.110. The number of hydrogen-bond donors (Lipinski definition) is 0. The van der Waals surface area contributed by atoms with Gasteiger partial charge in [-0.15, -0.1) is 0 Å². The number of rotatable bonds is 3. The molecule has 0 N–H and O–H groups in total. The molecule has 1 aliphatic rings. The Morgan fingerprint density at radius 2 is 1.92 bits per heavy atom. The Labute approximate surface area is 79.8 Å². The van der Waals surface area contributed by atoms with Crippen LogP contribution in [-0.4, -0.2) is 57.7 Å². The van der Waals surface area contributed by atoms with Crippen LogP contribution < -0.4 is 0 Å². The largest absolute Gasteiger partial charge is 0.379 e. The van der Waals surface area contributed by atoms with Crippen molar-refractivity contribution in [2.45, 2.75) is 13.0 Å². The summed E-state index contributed by atoms with van der Waals surface area (Å²) in [4.78, 5) is 2.16. The Morgan fingerprint density at radius 3 is 2.38 bits per heavy atom. The Kier molecular flexibility index (Phi) is 3.70. The van der Waals surface area contributed by atoms with E-state index in [9.17, 15) is 8.42 Å². The molecule has 5 heteroatoms. The van der Waals surface area contributed by atoms with Crippen molar-refractivity contribution in [2.24, 2.45) is 0 Å². The third-order valence-corrected chi connectivity index (χ3v) is 3.30. The Hall–Kier alpha value is -0.130. The van der Waals surface area contributed by atoms with Gasteiger partial charge in [0.2, 0.25) is 0 Å². The highest BCUT2D eigenvalue weighted by molar-refractivity contribution is 7.90. The molecule has 0 spiro atoms. The summed E-state index contributed by atoms with van der Waals surface area (Å²) in [5.41, 5.74) is 0. The van der Waals surface area contributed by atoms with Crippen molar-refractivity contribution in [2.75, 3.05) is 38.3 Å². The summed E-state index contributed by atoms with van der Waals surface area (Å²) in [5, 5.41) is 0. The lowest BCUT2D eigenvalue weighted by Crippen LogP contribution is -2.44. The quantitative estimate of drug-likeness (QED) is 0.640. The lowest BCUT2D eigenvalue weighted by Gasteiger charge is -2.31. The van der Waals surface area contributed by atoms with E-state index in [1.807, 2.05) is 6.92 Å². The van der Waals surface area contributed by atoms with Crippen LogP contribution in [0.5, 0.6) is 0 Å². The highest BCUT2D eigenvalue weighted by atomic mass is 32.2. The molecular formula is C8H17NO3S. The molecule has 1 unspecified atom stereocenters. The van der Waals surface area contributed by atoms with Crippen molar-refractivity contribution in [3.8, 4) is 0 Å². The van der Waals surface area contributed by atoms with Gasteiger partial charge in [-0.1, -0.05) is 0 Å². The third-order valence-electron chi connectivity index (χ3n) is 2.21. The Balaban J connectivity index is 2.42. The van der Waals surface area contributed by atoms with Gasteiger partial charge in [0.25, 0.3) is 0 Å². The number of morpholine rings is 1. The molecule has 13 heavy (non-hydrogen) atoms. The van der Waals surface area contributed by atoms with Crippen LogP contribution in [0.2, 0.25) is 0 Å². The number of ether oxygens (including phenoxy) is 1. The predicted octanol–water partition coefficient (Wildman–Crippen LogP) is -0.248. The van der Waals surface area contributed by atoms with E-state index in [2.05, 4.69) is 4.90 Å². The zero-order valence-corrected chi connectivity index (χ0v) is 9.01. The van der Waals surface area contributed by atoms with Crippen molar-refractivity contribution < 1.29 is 13.2 Å². The first kappa shape index (κ1) is 10.9. The van der Waals surface area contributed by atoms with E-state index >= 15 is 0 Å². The lowest BCUT2D eigenvalue weighted by atomic mass is 10.3. The summed E-state index contributed by atoms with van der Waals surface area (Å²) in [6.45, 7) is 5.07. The molecule has 1 saturated heterocycles. The van der Waals surface area contributed by atoms with Crippen LogP contribution in [0, 0.1) is 0 Å². The Morgan fingerprint density at radius 1 is 1.38 bits per heavy atom. The van der Waals surface area contributed by atoms with Crippen molar-refractivity contribution >= 4 is 9.84 Å². The number of sulfone groups is 1. The highest BCUT2D eigenvalue weighted by Crippen LogP contribution is 2.05. The predicted molar refractivity (Wildman–Crippen MR) is 51.6 cm³/mol. The fourth-order valence-corrected chi connectivity index (χ4v) is 2.65. The molecule has 1 atom stereocenters. The molecule has 0 aliphatic carbocycles. The molecule has 1 fully saturated rings. The van der Waals surface area contributed by atoms with Crippen molar-refractivity contribution in [1.29, 1.82) is 0 Å². The van der Waals surface area contributed by atoms with Gasteiger partial charge in [-0.05, 0) is 6.92 Å². The second-order valence-corrected chi connectivity index (χ2v) is 5.77. The fraction of sp³-hybridized carbons (Fsp3) is 1.00. The van der Waals surface area contributed by atoms with Crippen LogP contribution in [0.25, 0.3) is 0 Å². The van der Waals surface area contributed by atoms with E-state index in [1.54, 1.807) is 0 Å². The molecule has 4 nitrogen and oxygen atoms in total. The van der Waals surface area contributed by atoms with E-state index < -0.39 is 9.84 Å². The SMILES string of the molecule is CC(CS(C)(=O)=O)N1CCOCC1. The topological polar surface area (TPSA) is 46.6 Å². The van der Waals surface area contributed by atoms with Gasteiger partial charge in [-0.25, -0.2) is 8.42 Å². The monoisotopic (exact) mass is 207 g/mol. The molecule has 1 rings (SSSR count). The van der Waals surface area contributed by atoms with Crippen molar-refractivity contribution in [3.05, 3.63) is 0 Å². The van der Waals surface area contributed by atoms with Gasteiger partial charge in [0.05, 0.1) is 19.0 Å². The molecule has 0 aromatic rings. The van der Waals surface area contributed by atoms with Crippen LogP contribution in [0.3, 0.4) is 0 Å². The average Bonchev–Trinajstić information content (AvgIpc) is 2.03. The second kappa shape index (κ2) is 4.39. The van der Waals surface area contributed by atoms with Gasteiger partial charge in [0.15, 0.2) is 0 Å². The first-order valence-electron chi connectivity index (χ1n) is 4.48. The molecule has 0 aromatic heterocycles. The molecule has 1 heterocycles. The summed E-state index contributed by atoms with van der Waals surface area (Å²) in [7, 11) is -2.86. The van der Waals surface area contributed by atoms with Crippen LogP contribution in [-0.2, 0) is 14.6 Å². The Bertz CT molecular complexity index is 244. The molecule has 0 saturated carbocycles. The smallest absolute Gasteiger partial charge is 0.148 e. The second-order valence-electron chi connectivity index (χ2n) is 3.59. The minimum atomic E-state index is -2.86. The van der Waals surface area contributed by atoms with E-state index in [4.69, 9.17) is 4.74 Å². The molecule has 0 radical (unpaired) electrons. The van der Waals surface area contributed by atoms with Gasteiger partial charge in [0.1, 0.15) is 9.84 Å². The zero-order chi connectivity index (χ0) is 9.90. The highest BCUT2D eigenvalue weighted by Gasteiger charge is 2.20. The van der Waals surface area contributed by atoms with Crippen molar-refractivity contribution in [1.82, 2.24) is 4.90 Å². The summed E-state index contributed by atoms with van der Waals surface area (Å²) >= 11 is 0. The summed E-state index contributed by atoms with van der Waals surface area (Å²) < 4.78 is 27.2. The molecule has 78 valence electrons. The maximum absolute atomic E-state index is 11.0. The van der Waals surface area contributed by atoms with Crippen LogP contribution in [0.1, 0.15) is 6.92 Å². The maximum Gasteiger partial charge on any atom is 0.148 e. The lowest BCUT2D eigenvalue weighted by molar-refractivity contribution is 0.0243. The molecule has 0 amide bonds. The molecular weight excluding hydrogens is 190 g/mol. The van der Waals surface area contributed by atoms with Crippen LogP contribution >= 0.6 is 0 Å². The van der Waals surface area contributed by atoms with Gasteiger partial charge < -0.3 is 4.74 Å². The number of nitrogens with zero attached hydrogens (tertiary/aromatic N) is 1. The molecule has 0 bridgehead atoms. The summed E-state index contributed by atoms with van der Waals surface area (Å²) in [6, 6.07) is 0.110. The van der Waals surface area contributed by atoms with Gasteiger partial charge >= 0.3 is 0 Å². The average molecular weight is 207 g/mol. The molecule has 1 aliphatic heterocycles. The zero-order valence-electron chi connectivity index (χ0n) is 8.19. The first-order valence-corrected chi connectivity index (χ1v) is 6.54. The minimum Gasteiger partial charge on any atom is -0.379 e. The fourth-order valence-electron chi connectivity index (χ4n) is 1.56. The third kappa shape index (κ3) is 4.06.